The number of cyclic esters (lactones) is 1. The molecule has 1 aliphatic heterocycles. The number of esters is 1. The highest BCUT2D eigenvalue weighted by molar-refractivity contribution is 5.94. The van der Waals surface area contributed by atoms with Crippen LogP contribution >= 0.6 is 0 Å². The molecule has 2 aromatic carbocycles. The van der Waals surface area contributed by atoms with Crippen LogP contribution in [0.2, 0.25) is 0 Å². The quantitative estimate of drug-likeness (QED) is 0.847. The van der Waals surface area contributed by atoms with Crippen LogP contribution in [-0.4, -0.2) is 18.4 Å². The molecule has 0 aromatic heterocycles. The first-order valence-electron chi connectivity index (χ1n) is 8.20. The molecular weight excluding hydrogens is 321 g/mol. The Morgan fingerprint density at radius 2 is 1.84 bits per heavy atom. The first kappa shape index (κ1) is 17.1. The summed E-state index contributed by atoms with van der Waals surface area (Å²) in [5.74, 6) is -0.931. The van der Waals surface area contributed by atoms with Crippen molar-refractivity contribution in [3.05, 3.63) is 71.0 Å². The van der Waals surface area contributed by atoms with Gasteiger partial charge in [-0.3, -0.25) is 4.79 Å². The molecule has 25 heavy (non-hydrogen) atoms. The SMILES string of the molecule is CC(C)(CNC(=O)C[C@@H]1OC(=O)c2ccccc21)c1ccccc1F. The minimum Gasteiger partial charge on any atom is -0.453 e. The van der Waals surface area contributed by atoms with Crippen LogP contribution in [0.4, 0.5) is 4.39 Å². The van der Waals surface area contributed by atoms with E-state index in [2.05, 4.69) is 5.32 Å². The summed E-state index contributed by atoms with van der Waals surface area (Å²) in [6.07, 6.45) is -0.517. The maximum Gasteiger partial charge on any atom is 0.339 e. The van der Waals surface area contributed by atoms with Crippen molar-refractivity contribution < 1.29 is 18.7 Å². The van der Waals surface area contributed by atoms with E-state index in [1.807, 2.05) is 19.9 Å². The summed E-state index contributed by atoms with van der Waals surface area (Å²) in [4.78, 5) is 24.1. The van der Waals surface area contributed by atoms with Gasteiger partial charge in [-0.1, -0.05) is 50.2 Å². The molecule has 2 aromatic rings. The Morgan fingerprint density at radius 3 is 2.60 bits per heavy atom. The Kier molecular flexibility index (Phi) is 4.57. The zero-order valence-corrected chi connectivity index (χ0v) is 14.2. The molecule has 4 nitrogen and oxygen atoms in total. The molecule has 0 bridgehead atoms. The third-order valence-electron chi connectivity index (χ3n) is 4.48. The van der Waals surface area contributed by atoms with E-state index < -0.39 is 17.5 Å². The van der Waals surface area contributed by atoms with Crippen molar-refractivity contribution in [3.63, 3.8) is 0 Å². The normalized spacial score (nSPS) is 16.3. The van der Waals surface area contributed by atoms with Crippen molar-refractivity contribution in [1.29, 1.82) is 0 Å². The van der Waals surface area contributed by atoms with Crippen molar-refractivity contribution in [2.24, 2.45) is 0 Å². The Bertz CT molecular complexity index is 816. The fraction of sp³-hybridized carbons (Fsp3) is 0.300. The molecule has 0 unspecified atom stereocenters. The molecule has 0 radical (unpaired) electrons. The predicted octanol–water partition coefficient (Wildman–Crippen LogP) is 3.52. The molecule has 0 spiro atoms. The second kappa shape index (κ2) is 6.67. The number of hydrogen-bond acceptors (Lipinski definition) is 3. The molecule has 0 fully saturated rings. The van der Waals surface area contributed by atoms with Crippen LogP contribution in [0, 0.1) is 5.82 Å². The van der Waals surface area contributed by atoms with Gasteiger partial charge in [-0.05, 0) is 17.7 Å². The van der Waals surface area contributed by atoms with E-state index in [1.54, 1.807) is 36.4 Å². The van der Waals surface area contributed by atoms with Crippen LogP contribution in [0.5, 0.6) is 0 Å². The summed E-state index contributed by atoms with van der Waals surface area (Å²) in [5.41, 5.74) is 1.24. The minimum atomic E-state index is -0.569. The van der Waals surface area contributed by atoms with Crippen molar-refractivity contribution in [2.75, 3.05) is 6.54 Å². The third kappa shape index (κ3) is 3.55. The number of rotatable bonds is 5. The van der Waals surface area contributed by atoms with E-state index in [4.69, 9.17) is 4.74 Å². The summed E-state index contributed by atoms with van der Waals surface area (Å²) < 4.78 is 19.3. The molecule has 1 amide bonds. The lowest BCUT2D eigenvalue weighted by atomic mass is 9.84. The lowest BCUT2D eigenvalue weighted by Gasteiger charge is -2.26. The van der Waals surface area contributed by atoms with Gasteiger partial charge in [0.15, 0.2) is 0 Å². The van der Waals surface area contributed by atoms with Gasteiger partial charge in [-0.15, -0.1) is 0 Å². The van der Waals surface area contributed by atoms with E-state index in [0.717, 1.165) is 5.56 Å². The molecule has 3 rings (SSSR count). The fourth-order valence-electron chi connectivity index (χ4n) is 3.04. The summed E-state index contributed by atoms with van der Waals surface area (Å²) in [7, 11) is 0. The lowest BCUT2D eigenvalue weighted by Crippen LogP contribution is -2.37. The number of benzene rings is 2. The van der Waals surface area contributed by atoms with Gasteiger partial charge >= 0.3 is 5.97 Å². The largest absolute Gasteiger partial charge is 0.453 e. The van der Waals surface area contributed by atoms with E-state index in [-0.39, 0.29) is 24.7 Å². The fourth-order valence-corrected chi connectivity index (χ4v) is 3.04. The van der Waals surface area contributed by atoms with Crippen LogP contribution in [0.15, 0.2) is 48.5 Å². The van der Waals surface area contributed by atoms with E-state index in [0.29, 0.717) is 11.1 Å². The highest BCUT2D eigenvalue weighted by Crippen LogP contribution is 2.32. The Hall–Kier alpha value is -2.69. The summed E-state index contributed by atoms with van der Waals surface area (Å²) >= 11 is 0. The predicted molar refractivity (Wildman–Crippen MR) is 91.7 cm³/mol. The van der Waals surface area contributed by atoms with Gasteiger partial charge in [-0.2, -0.15) is 0 Å². The van der Waals surface area contributed by atoms with Crippen molar-refractivity contribution >= 4 is 11.9 Å². The van der Waals surface area contributed by atoms with Crippen LogP contribution in [0.1, 0.15) is 47.9 Å². The molecule has 1 aliphatic rings. The molecule has 0 aliphatic carbocycles. The first-order chi connectivity index (χ1) is 11.9. The molecule has 0 saturated heterocycles. The maximum absolute atomic E-state index is 14.0. The molecule has 1 N–H and O–H groups in total. The van der Waals surface area contributed by atoms with Gasteiger partial charge in [0, 0.05) is 17.5 Å². The zero-order chi connectivity index (χ0) is 18.0. The zero-order valence-electron chi connectivity index (χ0n) is 14.2. The average molecular weight is 341 g/mol. The van der Waals surface area contributed by atoms with E-state index in [1.165, 1.54) is 6.07 Å². The number of carbonyl (C=O) groups excluding carboxylic acids is 2. The second-order valence-electron chi connectivity index (χ2n) is 6.83. The maximum atomic E-state index is 14.0. The Labute approximate surface area is 146 Å². The monoisotopic (exact) mass is 341 g/mol. The van der Waals surface area contributed by atoms with Gasteiger partial charge in [-0.25, -0.2) is 9.18 Å². The summed E-state index contributed by atoms with van der Waals surface area (Å²) in [6.45, 7) is 4.03. The van der Waals surface area contributed by atoms with Crippen molar-refractivity contribution in [2.45, 2.75) is 31.8 Å². The number of halogens is 1. The molecule has 1 atom stereocenters. The average Bonchev–Trinajstić information content (AvgIpc) is 2.90. The van der Waals surface area contributed by atoms with E-state index >= 15 is 0 Å². The second-order valence-corrected chi connectivity index (χ2v) is 6.83. The number of nitrogens with one attached hydrogen (secondary N) is 1. The highest BCUT2D eigenvalue weighted by atomic mass is 19.1. The Balaban J connectivity index is 1.63. The third-order valence-corrected chi connectivity index (χ3v) is 4.48. The molecule has 1 heterocycles. The van der Waals surface area contributed by atoms with Crippen molar-refractivity contribution in [1.82, 2.24) is 5.32 Å². The number of hydrogen-bond donors (Lipinski definition) is 1. The molecule has 0 saturated carbocycles. The Morgan fingerprint density at radius 1 is 1.16 bits per heavy atom. The van der Waals surface area contributed by atoms with Gasteiger partial charge in [0.1, 0.15) is 11.9 Å². The number of fused-ring (bicyclic) bond motifs is 1. The topological polar surface area (TPSA) is 55.4 Å². The van der Waals surface area contributed by atoms with Crippen LogP contribution in [0.3, 0.4) is 0 Å². The molecule has 5 heteroatoms. The van der Waals surface area contributed by atoms with Gasteiger partial charge in [0.05, 0.1) is 12.0 Å². The van der Waals surface area contributed by atoms with Crippen LogP contribution in [0.25, 0.3) is 0 Å². The summed E-state index contributed by atoms with van der Waals surface area (Å²) in [6, 6.07) is 13.6. The smallest absolute Gasteiger partial charge is 0.339 e. The van der Waals surface area contributed by atoms with Gasteiger partial charge in [0.2, 0.25) is 5.91 Å². The minimum absolute atomic E-state index is 0.0517. The highest BCUT2D eigenvalue weighted by Gasteiger charge is 2.32. The first-order valence-corrected chi connectivity index (χ1v) is 8.20. The number of ether oxygens (including phenoxy) is 1. The van der Waals surface area contributed by atoms with Crippen LogP contribution in [-0.2, 0) is 14.9 Å². The lowest BCUT2D eigenvalue weighted by molar-refractivity contribution is -0.123. The molecule has 130 valence electrons. The number of carbonyl (C=O) groups is 2. The van der Waals surface area contributed by atoms with Gasteiger partial charge in [0.25, 0.3) is 0 Å². The van der Waals surface area contributed by atoms with Crippen molar-refractivity contribution in [3.8, 4) is 0 Å². The standard InChI is InChI=1S/C20H20FNO3/c1-20(2,15-9-5-6-10-16(15)21)12-22-18(23)11-17-13-7-3-4-8-14(13)19(24)25-17/h3-10,17H,11-12H2,1-2H3,(H,22,23)/t17-/m0/s1. The van der Waals surface area contributed by atoms with Crippen LogP contribution < -0.4 is 5.32 Å². The summed E-state index contributed by atoms with van der Waals surface area (Å²) in [5, 5.41) is 2.82. The molecular formula is C20H20FNO3. The van der Waals surface area contributed by atoms with E-state index in [9.17, 15) is 14.0 Å². The van der Waals surface area contributed by atoms with Gasteiger partial charge < -0.3 is 10.1 Å². The number of amides is 1.